The van der Waals surface area contributed by atoms with Crippen molar-refractivity contribution in [2.24, 2.45) is 0 Å². The van der Waals surface area contributed by atoms with Gasteiger partial charge in [-0.1, -0.05) is 18.2 Å². The number of fused-ring (bicyclic) bond motifs is 1. The minimum atomic E-state index is -0.369. The predicted molar refractivity (Wildman–Crippen MR) is 126 cm³/mol. The average Bonchev–Trinajstić information content (AvgIpc) is 2.84. The number of hydrogen-bond acceptors (Lipinski definition) is 6. The van der Waals surface area contributed by atoms with Crippen molar-refractivity contribution in [3.63, 3.8) is 0 Å². The highest BCUT2D eigenvalue weighted by molar-refractivity contribution is 6.08. The van der Waals surface area contributed by atoms with E-state index in [1.54, 1.807) is 31.5 Å². The van der Waals surface area contributed by atoms with Gasteiger partial charge in [0, 0.05) is 43.5 Å². The molecule has 0 saturated carbocycles. The summed E-state index contributed by atoms with van der Waals surface area (Å²) in [6.07, 6.45) is 4.34. The Bertz CT molecular complexity index is 1150. The number of aromatic nitrogens is 2. The number of methoxy groups -OCH3 is 1. The van der Waals surface area contributed by atoms with E-state index in [1.807, 2.05) is 35.2 Å². The number of nitrogens with one attached hydrogen (secondary N) is 1. The normalized spacial score (nSPS) is 12.7. The first-order valence-corrected chi connectivity index (χ1v) is 11.0. The second kappa shape index (κ2) is 10.1. The van der Waals surface area contributed by atoms with Gasteiger partial charge in [-0.2, -0.15) is 0 Å². The van der Waals surface area contributed by atoms with E-state index in [2.05, 4.69) is 15.3 Å². The van der Waals surface area contributed by atoms with Crippen molar-refractivity contribution in [2.45, 2.75) is 32.2 Å². The van der Waals surface area contributed by atoms with E-state index >= 15 is 0 Å². The van der Waals surface area contributed by atoms with Crippen LogP contribution in [-0.4, -0.2) is 40.3 Å². The molecule has 0 saturated heterocycles. The van der Waals surface area contributed by atoms with Gasteiger partial charge in [0.2, 0.25) is 5.91 Å². The van der Waals surface area contributed by atoms with Gasteiger partial charge in [0.05, 0.1) is 18.4 Å². The van der Waals surface area contributed by atoms with Crippen molar-refractivity contribution in [1.29, 1.82) is 0 Å². The summed E-state index contributed by atoms with van der Waals surface area (Å²) < 4.78 is 5.29. The maximum Gasteiger partial charge on any atom is 0.259 e. The Balaban J connectivity index is 1.42. The zero-order valence-corrected chi connectivity index (χ0v) is 18.6. The minimum absolute atomic E-state index is 0.0911. The van der Waals surface area contributed by atoms with E-state index in [0.29, 0.717) is 37.4 Å². The maximum absolute atomic E-state index is 12.9. The number of nitrogens with zero attached hydrogens (tertiary/aromatic N) is 3. The molecule has 3 N–H and O–H groups in total. The fraction of sp³-hybridized carbons (Fsp3) is 0.280. The van der Waals surface area contributed by atoms with E-state index in [1.165, 1.54) is 0 Å². The Labute approximate surface area is 192 Å². The van der Waals surface area contributed by atoms with Crippen molar-refractivity contribution >= 4 is 23.3 Å². The highest BCUT2D eigenvalue weighted by atomic mass is 16.5. The number of nitrogen functional groups attached to an aromatic ring is 1. The van der Waals surface area contributed by atoms with Crippen LogP contribution in [-0.2, 0) is 24.2 Å². The van der Waals surface area contributed by atoms with Crippen LogP contribution in [0.4, 0.5) is 11.5 Å². The average molecular weight is 446 g/mol. The number of hydrogen-bond donors (Lipinski definition) is 2. The van der Waals surface area contributed by atoms with Gasteiger partial charge in [0.15, 0.2) is 0 Å². The quantitative estimate of drug-likeness (QED) is 0.578. The van der Waals surface area contributed by atoms with Crippen LogP contribution in [0.25, 0.3) is 0 Å². The van der Waals surface area contributed by atoms with Gasteiger partial charge < -0.3 is 20.7 Å². The number of nitrogens with two attached hydrogens (primary N) is 1. The van der Waals surface area contributed by atoms with Gasteiger partial charge >= 0.3 is 0 Å². The summed E-state index contributed by atoms with van der Waals surface area (Å²) in [5.74, 6) is 0.452. The van der Waals surface area contributed by atoms with Crippen molar-refractivity contribution < 1.29 is 14.3 Å². The summed E-state index contributed by atoms with van der Waals surface area (Å²) in [6, 6.07) is 14.7. The van der Waals surface area contributed by atoms with E-state index in [4.69, 9.17) is 10.5 Å². The first-order valence-electron chi connectivity index (χ1n) is 11.0. The molecule has 0 atom stereocenters. The number of benzene rings is 1. The fourth-order valence-electron chi connectivity index (χ4n) is 3.94. The van der Waals surface area contributed by atoms with Gasteiger partial charge in [0.25, 0.3) is 5.91 Å². The summed E-state index contributed by atoms with van der Waals surface area (Å²) in [6.45, 7) is 1.01. The SMILES string of the molecule is COc1ccccc1NC(=O)c1cc2c(nc1N)CCN(C(=O)CCCc1ccccn1)C2. The standard InChI is InChI=1S/C25H27N5O3/c1-33-22-10-3-2-9-21(22)29-25(32)19-15-17-16-30(14-12-20(17)28-24(19)26)23(31)11-6-8-18-7-4-5-13-27-18/h2-5,7,9-10,13,15H,6,8,11-12,14,16H2,1H3,(H2,26,28)(H,29,32). The lowest BCUT2D eigenvalue weighted by Gasteiger charge is -2.29. The number of ether oxygens (including phenoxy) is 1. The van der Waals surface area contributed by atoms with Crippen LogP contribution in [0, 0.1) is 0 Å². The molecule has 170 valence electrons. The van der Waals surface area contributed by atoms with Crippen LogP contribution in [0.2, 0.25) is 0 Å². The zero-order valence-electron chi connectivity index (χ0n) is 18.6. The third kappa shape index (κ3) is 5.28. The van der Waals surface area contributed by atoms with E-state index in [-0.39, 0.29) is 23.2 Å². The van der Waals surface area contributed by atoms with Crippen LogP contribution in [0.5, 0.6) is 5.75 Å². The monoisotopic (exact) mass is 445 g/mol. The molecule has 0 radical (unpaired) electrons. The largest absolute Gasteiger partial charge is 0.495 e. The third-order valence-electron chi connectivity index (χ3n) is 5.70. The molecule has 0 spiro atoms. The van der Waals surface area contributed by atoms with E-state index in [9.17, 15) is 9.59 Å². The van der Waals surface area contributed by atoms with Crippen molar-refractivity contribution in [3.05, 3.63) is 77.2 Å². The number of pyridine rings is 2. The molecule has 0 unspecified atom stereocenters. The lowest BCUT2D eigenvalue weighted by atomic mass is 10.0. The smallest absolute Gasteiger partial charge is 0.259 e. The Morgan fingerprint density at radius 2 is 2.00 bits per heavy atom. The summed E-state index contributed by atoms with van der Waals surface area (Å²) in [5.41, 5.74) is 9.59. The molecule has 2 aromatic heterocycles. The molecule has 3 aromatic rings. The number of anilines is 2. The second-order valence-electron chi connectivity index (χ2n) is 7.92. The Morgan fingerprint density at radius 3 is 2.79 bits per heavy atom. The lowest BCUT2D eigenvalue weighted by Crippen LogP contribution is -2.36. The number of amides is 2. The van der Waals surface area contributed by atoms with Crippen LogP contribution in [0.3, 0.4) is 0 Å². The van der Waals surface area contributed by atoms with Crippen LogP contribution >= 0.6 is 0 Å². The van der Waals surface area contributed by atoms with Gasteiger partial charge in [-0.3, -0.25) is 14.6 Å². The molecule has 1 aromatic carbocycles. The maximum atomic E-state index is 12.9. The van der Waals surface area contributed by atoms with Crippen LogP contribution in [0.1, 0.15) is 40.2 Å². The van der Waals surface area contributed by atoms with Crippen LogP contribution in [0.15, 0.2) is 54.7 Å². The molecule has 3 heterocycles. The highest BCUT2D eigenvalue weighted by Gasteiger charge is 2.24. The first-order chi connectivity index (χ1) is 16.0. The molecule has 4 rings (SSSR count). The lowest BCUT2D eigenvalue weighted by molar-refractivity contribution is -0.132. The van der Waals surface area contributed by atoms with E-state index in [0.717, 1.165) is 29.8 Å². The molecule has 0 bridgehead atoms. The number of rotatable bonds is 7. The molecule has 0 aliphatic carbocycles. The van der Waals surface area contributed by atoms with Crippen molar-refractivity contribution in [1.82, 2.24) is 14.9 Å². The molecule has 33 heavy (non-hydrogen) atoms. The molecule has 8 heteroatoms. The molecular formula is C25H27N5O3. The highest BCUT2D eigenvalue weighted by Crippen LogP contribution is 2.26. The zero-order chi connectivity index (χ0) is 23.2. The van der Waals surface area contributed by atoms with Crippen LogP contribution < -0.4 is 15.8 Å². The number of aryl methyl sites for hydroxylation is 1. The summed E-state index contributed by atoms with van der Waals surface area (Å²) in [7, 11) is 1.54. The summed E-state index contributed by atoms with van der Waals surface area (Å²) >= 11 is 0. The van der Waals surface area contributed by atoms with Gasteiger partial charge in [-0.15, -0.1) is 0 Å². The third-order valence-corrected chi connectivity index (χ3v) is 5.70. The number of carbonyl (C=O) groups excluding carboxylic acids is 2. The topological polar surface area (TPSA) is 110 Å². The van der Waals surface area contributed by atoms with Gasteiger partial charge in [-0.25, -0.2) is 4.98 Å². The number of carbonyl (C=O) groups is 2. The Morgan fingerprint density at radius 1 is 1.18 bits per heavy atom. The van der Waals surface area contributed by atoms with E-state index < -0.39 is 0 Å². The summed E-state index contributed by atoms with van der Waals surface area (Å²) in [4.78, 5) is 36.2. The first kappa shape index (κ1) is 22.3. The molecular weight excluding hydrogens is 418 g/mol. The van der Waals surface area contributed by atoms with Crippen molar-refractivity contribution in [3.8, 4) is 5.75 Å². The van der Waals surface area contributed by atoms with Crippen molar-refractivity contribution in [2.75, 3.05) is 24.7 Å². The van der Waals surface area contributed by atoms with Gasteiger partial charge in [0.1, 0.15) is 11.6 Å². The Hall–Kier alpha value is -3.94. The fourth-order valence-corrected chi connectivity index (χ4v) is 3.94. The molecule has 0 fully saturated rings. The molecule has 1 aliphatic heterocycles. The number of para-hydroxylation sites is 2. The van der Waals surface area contributed by atoms with Gasteiger partial charge in [-0.05, 0) is 48.7 Å². The minimum Gasteiger partial charge on any atom is -0.495 e. The second-order valence-corrected chi connectivity index (χ2v) is 7.92. The molecule has 1 aliphatic rings. The Kier molecular flexibility index (Phi) is 6.83. The molecule has 2 amide bonds. The molecule has 8 nitrogen and oxygen atoms in total. The summed E-state index contributed by atoms with van der Waals surface area (Å²) in [5, 5.41) is 2.83. The predicted octanol–water partition coefficient (Wildman–Crippen LogP) is 3.23.